The van der Waals surface area contributed by atoms with Gasteiger partial charge in [-0.2, -0.15) is 0 Å². The summed E-state index contributed by atoms with van der Waals surface area (Å²) in [5, 5.41) is 0. The number of benzene rings is 2. The van der Waals surface area contributed by atoms with E-state index in [9.17, 15) is 4.39 Å². The molecule has 0 saturated carbocycles. The molecule has 0 aliphatic carbocycles. The molecule has 0 aromatic heterocycles. The Balaban J connectivity index is 2.28. The maximum absolute atomic E-state index is 13.7. The van der Waals surface area contributed by atoms with Crippen LogP contribution in [0.3, 0.4) is 0 Å². The van der Waals surface area contributed by atoms with E-state index in [1.54, 1.807) is 12.1 Å². The Morgan fingerprint density at radius 1 is 0.952 bits per heavy atom. The molecule has 2 heteroatoms. The minimum Gasteiger partial charge on any atom is -0.290 e. The van der Waals surface area contributed by atoms with Crippen molar-refractivity contribution in [2.45, 2.75) is 39.8 Å². The maximum Gasteiger partial charge on any atom is 0.123 e. The number of nitrogens with zero attached hydrogens (tertiary/aromatic N) is 1. The van der Waals surface area contributed by atoms with Gasteiger partial charge in [0.05, 0.1) is 0 Å². The van der Waals surface area contributed by atoms with Crippen molar-refractivity contribution < 1.29 is 4.39 Å². The van der Waals surface area contributed by atoms with Crippen LogP contribution in [0.1, 0.15) is 49.5 Å². The molecule has 1 unspecified atom stereocenters. The lowest BCUT2D eigenvalue weighted by Gasteiger charge is -2.34. The van der Waals surface area contributed by atoms with Gasteiger partial charge >= 0.3 is 0 Å². The first-order chi connectivity index (χ1) is 10.0. The van der Waals surface area contributed by atoms with Crippen LogP contribution >= 0.6 is 0 Å². The molecule has 0 bridgehead atoms. The zero-order chi connectivity index (χ0) is 15.4. The third-order valence-corrected chi connectivity index (χ3v) is 4.19. The van der Waals surface area contributed by atoms with E-state index in [2.05, 4.69) is 56.0 Å². The fourth-order valence-electron chi connectivity index (χ4n) is 3.00. The first-order valence-electron chi connectivity index (χ1n) is 7.60. The van der Waals surface area contributed by atoms with Gasteiger partial charge in [0.15, 0.2) is 0 Å². The molecule has 2 aromatic rings. The molecule has 2 rings (SSSR count). The summed E-state index contributed by atoms with van der Waals surface area (Å²) in [6.45, 7) is 9.38. The molecule has 112 valence electrons. The summed E-state index contributed by atoms with van der Waals surface area (Å²) in [6, 6.07) is 16.3. The molecule has 2 aromatic carbocycles. The lowest BCUT2D eigenvalue weighted by molar-refractivity contribution is 0.163. The number of halogens is 1. The number of aryl methyl sites for hydroxylation is 1. The van der Waals surface area contributed by atoms with Crippen LogP contribution in [0.5, 0.6) is 0 Å². The zero-order valence-corrected chi connectivity index (χ0v) is 13.3. The fraction of sp³-hybridized carbons (Fsp3) is 0.368. The van der Waals surface area contributed by atoms with Gasteiger partial charge in [0, 0.05) is 12.1 Å². The van der Waals surface area contributed by atoms with Gasteiger partial charge in [0.25, 0.3) is 0 Å². The molecule has 0 radical (unpaired) electrons. The molecule has 0 aliphatic heterocycles. The highest BCUT2D eigenvalue weighted by Gasteiger charge is 2.21. The Kier molecular flexibility index (Phi) is 5.13. The molecule has 2 atom stereocenters. The van der Waals surface area contributed by atoms with Crippen LogP contribution in [0.25, 0.3) is 0 Å². The molecule has 0 fully saturated rings. The first kappa shape index (κ1) is 15.7. The van der Waals surface area contributed by atoms with Crippen LogP contribution in [0.15, 0.2) is 48.5 Å². The highest BCUT2D eigenvalue weighted by molar-refractivity contribution is 5.27. The monoisotopic (exact) mass is 285 g/mol. The molecule has 0 saturated heterocycles. The van der Waals surface area contributed by atoms with Gasteiger partial charge in [0.1, 0.15) is 5.82 Å². The Bertz CT molecular complexity index is 559. The topological polar surface area (TPSA) is 3.24 Å². The Morgan fingerprint density at radius 3 is 2.14 bits per heavy atom. The molecular formula is C19H24FN. The largest absolute Gasteiger partial charge is 0.290 e. The smallest absolute Gasteiger partial charge is 0.123 e. The highest BCUT2D eigenvalue weighted by Crippen LogP contribution is 2.30. The minimum atomic E-state index is -0.153. The SMILES string of the molecule is CCN(C(C)c1ccccc1)[C@@H](C)c1cc(C)cc(F)c1. The summed E-state index contributed by atoms with van der Waals surface area (Å²) in [6.07, 6.45) is 0. The lowest BCUT2D eigenvalue weighted by Crippen LogP contribution is -2.30. The summed E-state index contributed by atoms with van der Waals surface area (Å²) >= 11 is 0. The van der Waals surface area contributed by atoms with Crippen molar-refractivity contribution in [3.8, 4) is 0 Å². The fourth-order valence-corrected chi connectivity index (χ4v) is 3.00. The molecule has 21 heavy (non-hydrogen) atoms. The Hall–Kier alpha value is -1.67. The average molecular weight is 285 g/mol. The van der Waals surface area contributed by atoms with Crippen LogP contribution in [-0.4, -0.2) is 11.4 Å². The summed E-state index contributed by atoms with van der Waals surface area (Å²) in [7, 11) is 0. The first-order valence-corrected chi connectivity index (χ1v) is 7.60. The third kappa shape index (κ3) is 3.70. The van der Waals surface area contributed by atoms with Crippen LogP contribution in [0.2, 0.25) is 0 Å². The number of rotatable bonds is 5. The van der Waals surface area contributed by atoms with Gasteiger partial charge in [-0.1, -0.05) is 43.3 Å². The summed E-state index contributed by atoms with van der Waals surface area (Å²) in [4.78, 5) is 2.39. The van der Waals surface area contributed by atoms with Gasteiger partial charge in [0.2, 0.25) is 0 Å². The van der Waals surface area contributed by atoms with Crippen molar-refractivity contribution in [3.05, 3.63) is 71.0 Å². The molecule has 0 aliphatic rings. The molecule has 0 N–H and O–H groups in total. The number of hydrogen-bond donors (Lipinski definition) is 0. The van der Waals surface area contributed by atoms with Crippen molar-refractivity contribution >= 4 is 0 Å². The van der Waals surface area contributed by atoms with Gasteiger partial charge < -0.3 is 0 Å². The van der Waals surface area contributed by atoms with Crippen molar-refractivity contribution in [1.82, 2.24) is 4.90 Å². The van der Waals surface area contributed by atoms with E-state index in [0.29, 0.717) is 6.04 Å². The Labute approximate surface area is 127 Å². The zero-order valence-electron chi connectivity index (χ0n) is 13.3. The van der Waals surface area contributed by atoms with Crippen molar-refractivity contribution in [1.29, 1.82) is 0 Å². The maximum atomic E-state index is 13.7. The second kappa shape index (κ2) is 6.86. The standard InChI is InChI=1S/C19H24FN/c1-5-21(15(3)17-9-7-6-8-10-17)16(4)18-11-14(2)12-19(20)13-18/h6-13,15-16H,5H2,1-4H3/t15?,16-/m0/s1. The Morgan fingerprint density at radius 2 is 1.57 bits per heavy atom. The van der Waals surface area contributed by atoms with E-state index >= 15 is 0 Å². The van der Waals surface area contributed by atoms with Crippen LogP contribution in [-0.2, 0) is 0 Å². The number of hydrogen-bond acceptors (Lipinski definition) is 1. The van der Waals surface area contributed by atoms with Crippen LogP contribution in [0, 0.1) is 12.7 Å². The van der Waals surface area contributed by atoms with E-state index in [1.165, 1.54) is 5.56 Å². The van der Waals surface area contributed by atoms with E-state index in [1.807, 2.05) is 13.0 Å². The molecule has 0 spiro atoms. The van der Waals surface area contributed by atoms with Gasteiger partial charge in [-0.25, -0.2) is 4.39 Å². The summed E-state index contributed by atoms with van der Waals surface area (Å²) < 4.78 is 13.7. The van der Waals surface area contributed by atoms with Crippen molar-refractivity contribution in [3.63, 3.8) is 0 Å². The van der Waals surface area contributed by atoms with Crippen molar-refractivity contribution in [2.75, 3.05) is 6.54 Å². The molecular weight excluding hydrogens is 261 g/mol. The van der Waals surface area contributed by atoms with E-state index in [4.69, 9.17) is 0 Å². The quantitative estimate of drug-likeness (QED) is 0.722. The van der Waals surface area contributed by atoms with Crippen molar-refractivity contribution in [2.24, 2.45) is 0 Å². The third-order valence-electron chi connectivity index (χ3n) is 4.19. The summed E-state index contributed by atoms with van der Waals surface area (Å²) in [5.41, 5.74) is 3.30. The molecule has 0 amide bonds. The predicted octanol–water partition coefficient (Wildman–Crippen LogP) is 5.28. The van der Waals surface area contributed by atoms with E-state index in [0.717, 1.165) is 17.7 Å². The second-order valence-electron chi connectivity index (χ2n) is 5.65. The average Bonchev–Trinajstić information content (AvgIpc) is 2.47. The van der Waals surface area contributed by atoms with E-state index < -0.39 is 0 Å². The predicted molar refractivity (Wildman–Crippen MR) is 86.8 cm³/mol. The molecule has 1 nitrogen and oxygen atoms in total. The second-order valence-corrected chi connectivity index (χ2v) is 5.65. The van der Waals surface area contributed by atoms with Crippen LogP contribution in [0.4, 0.5) is 4.39 Å². The minimum absolute atomic E-state index is 0.153. The summed E-state index contributed by atoms with van der Waals surface area (Å²) in [5.74, 6) is -0.153. The normalized spacial score (nSPS) is 14.2. The van der Waals surface area contributed by atoms with Gasteiger partial charge in [-0.05, 0) is 56.1 Å². The van der Waals surface area contributed by atoms with Gasteiger partial charge in [-0.15, -0.1) is 0 Å². The molecule has 0 heterocycles. The lowest BCUT2D eigenvalue weighted by atomic mass is 10.00. The highest BCUT2D eigenvalue weighted by atomic mass is 19.1. The van der Waals surface area contributed by atoms with E-state index in [-0.39, 0.29) is 11.9 Å². The van der Waals surface area contributed by atoms with Crippen LogP contribution < -0.4 is 0 Å². The van der Waals surface area contributed by atoms with Gasteiger partial charge in [-0.3, -0.25) is 4.90 Å².